The number of esters is 1. The Morgan fingerprint density at radius 2 is 2.15 bits per heavy atom. The third-order valence-corrected chi connectivity index (χ3v) is 3.56. The second-order valence-electron chi connectivity index (χ2n) is 5.48. The maximum Gasteiger partial charge on any atom is 0.340 e. The molecule has 3 nitrogen and oxygen atoms in total. The van der Waals surface area contributed by atoms with Crippen LogP contribution in [0.15, 0.2) is 40.9 Å². The normalized spacial score (nSPS) is 22.6. The molecular formula is C17H21NO2. The maximum atomic E-state index is 11.7. The highest BCUT2D eigenvalue weighted by atomic mass is 16.5. The maximum absolute atomic E-state index is 11.7. The molecule has 1 aromatic carbocycles. The van der Waals surface area contributed by atoms with Crippen LogP contribution in [-0.4, -0.2) is 19.3 Å². The number of aliphatic imine (C=N–C) groups is 1. The van der Waals surface area contributed by atoms with Gasteiger partial charge in [-0.1, -0.05) is 30.7 Å². The van der Waals surface area contributed by atoms with Crippen molar-refractivity contribution >= 4 is 17.9 Å². The molecule has 0 radical (unpaired) electrons. The van der Waals surface area contributed by atoms with E-state index < -0.39 is 0 Å². The van der Waals surface area contributed by atoms with Crippen molar-refractivity contribution in [1.82, 2.24) is 0 Å². The lowest BCUT2D eigenvalue weighted by Crippen LogP contribution is -2.12. The Labute approximate surface area is 120 Å². The largest absolute Gasteiger partial charge is 0.465 e. The lowest BCUT2D eigenvalue weighted by molar-refractivity contribution is 0.0601. The number of nitrogens with zero attached hydrogens (tertiary/aromatic N) is 1. The van der Waals surface area contributed by atoms with Gasteiger partial charge in [-0.25, -0.2) is 4.79 Å². The summed E-state index contributed by atoms with van der Waals surface area (Å²) in [6, 6.07) is 7.29. The van der Waals surface area contributed by atoms with Crippen molar-refractivity contribution in [2.24, 2.45) is 16.8 Å². The van der Waals surface area contributed by atoms with Crippen LogP contribution in [0.4, 0.5) is 5.69 Å². The van der Waals surface area contributed by atoms with Crippen molar-refractivity contribution in [2.45, 2.75) is 26.7 Å². The van der Waals surface area contributed by atoms with Crippen LogP contribution in [0.3, 0.4) is 0 Å². The molecule has 0 fully saturated rings. The average molecular weight is 271 g/mol. The van der Waals surface area contributed by atoms with Gasteiger partial charge in [0, 0.05) is 6.21 Å². The van der Waals surface area contributed by atoms with Gasteiger partial charge in [-0.15, -0.1) is 0 Å². The van der Waals surface area contributed by atoms with Gasteiger partial charge in [0.25, 0.3) is 0 Å². The summed E-state index contributed by atoms with van der Waals surface area (Å²) >= 11 is 0. The number of carbonyl (C=O) groups is 1. The first-order valence-electron chi connectivity index (χ1n) is 6.99. The summed E-state index contributed by atoms with van der Waals surface area (Å²) in [5, 5.41) is 0. The number of ether oxygens (including phenoxy) is 1. The summed E-state index contributed by atoms with van der Waals surface area (Å²) in [5.74, 6) is 0.697. The first-order valence-corrected chi connectivity index (χ1v) is 6.99. The minimum atomic E-state index is -0.342. The van der Waals surface area contributed by atoms with E-state index in [4.69, 9.17) is 4.74 Å². The second-order valence-corrected chi connectivity index (χ2v) is 5.48. The van der Waals surface area contributed by atoms with Crippen LogP contribution in [-0.2, 0) is 4.74 Å². The molecule has 2 rings (SSSR count). The van der Waals surface area contributed by atoms with Gasteiger partial charge < -0.3 is 4.74 Å². The van der Waals surface area contributed by atoms with Crippen molar-refractivity contribution in [3.05, 3.63) is 41.5 Å². The molecule has 1 aromatic rings. The van der Waals surface area contributed by atoms with Crippen LogP contribution in [0.25, 0.3) is 0 Å². The minimum absolute atomic E-state index is 0.342. The molecule has 0 aromatic heterocycles. The van der Waals surface area contributed by atoms with Gasteiger partial charge in [0.15, 0.2) is 0 Å². The smallest absolute Gasteiger partial charge is 0.340 e. The van der Waals surface area contributed by atoms with E-state index in [2.05, 4.69) is 24.9 Å². The molecule has 0 heterocycles. The number of benzene rings is 1. The summed E-state index contributed by atoms with van der Waals surface area (Å²) in [6.45, 7) is 4.39. The number of rotatable bonds is 3. The molecule has 1 aliphatic rings. The Hall–Kier alpha value is -1.90. The fourth-order valence-corrected chi connectivity index (χ4v) is 2.76. The molecule has 2 atom stereocenters. The zero-order chi connectivity index (χ0) is 14.5. The Kier molecular flexibility index (Phi) is 4.72. The van der Waals surface area contributed by atoms with Crippen molar-refractivity contribution in [3.8, 4) is 0 Å². The summed E-state index contributed by atoms with van der Waals surface area (Å²) < 4.78 is 4.78. The molecule has 1 aliphatic carbocycles. The SMILES string of the molecule is COC(=O)c1ccccc1N=C[C@@H]1CC(C)=C[C@H](C)C1. The van der Waals surface area contributed by atoms with Gasteiger partial charge in [0.2, 0.25) is 0 Å². The highest BCUT2D eigenvalue weighted by Gasteiger charge is 2.16. The first-order chi connectivity index (χ1) is 9.60. The highest BCUT2D eigenvalue weighted by molar-refractivity contribution is 5.95. The van der Waals surface area contributed by atoms with Crippen LogP contribution in [0.1, 0.15) is 37.0 Å². The van der Waals surface area contributed by atoms with Gasteiger partial charge in [0.1, 0.15) is 0 Å². The van der Waals surface area contributed by atoms with E-state index in [-0.39, 0.29) is 5.97 Å². The van der Waals surface area contributed by atoms with E-state index in [0.29, 0.717) is 23.1 Å². The predicted molar refractivity (Wildman–Crippen MR) is 81.6 cm³/mol. The third kappa shape index (κ3) is 3.56. The van der Waals surface area contributed by atoms with E-state index in [1.807, 2.05) is 24.4 Å². The van der Waals surface area contributed by atoms with Gasteiger partial charge in [-0.2, -0.15) is 0 Å². The summed E-state index contributed by atoms with van der Waals surface area (Å²) in [7, 11) is 1.39. The Morgan fingerprint density at radius 3 is 2.85 bits per heavy atom. The lowest BCUT2D eigenvalue weighted by atomic mass is 9.84. The third-order valence-electron chi connectivity index (χ3n) is 3.56. The van der Waals surface area contributed by atoms with Gasteiger partial charge in [-0.05, 0) is 43.7 Å². The minimum Gasteiger partial charge on any atom is -0.465 e. The molecule has 20 heavy (non-hydrogen) atoms. The fraction of sp³-hybridized carbons (Fsp3) is 0.412. The Bertz CT molecular complexity index is 546. The molecule has 0 N–H and O–H groups in total. The number of methoxy groups -OCH3 is 1. The van der Waals surface area contributed by atoms with Gasteiger partial charge in [0.05, 0.1) is 18.4 Å². The number of carbonyl (C=O) groups excluding carboxylic acids is 1. The van der Waals surface area contributed by atoms with Crippen molar-refractivity contribution in [2.75, 3.05) is 7.11 Å². The number of allylic oxidation sites excluding steroid dienone is 2. The fourth-order valence-electron chi connectivity index (χ4n) is 2.76. The number of hydrogen-bond acceptors (Lipinski definition) is 3. The van der Waals surface area contributed by atoms with Crippen molar-refractivity contribution in [3.63, 3.8) is 0 Å². The lowest BCUT2D eigenvalue weighted by Gasteiger charge is -2.22. The zero-order valence-corrected chi connectivity index (χ0v) is 12.3. The van der Waals surface area contributed by atoms with Crippen LogP contribution in [0.2, 0.25) is 0 Å². The van der Waals surface area contributed by atoms with E-state index in [1.165, 1.54) is 12.7 Å². The molecule has 3 heteroatoms. The van der Waals surface area contributed by atoms with E-state index in [0.717, 1.165) is 12.8 Å². The van der Waals surface area contributed by atoms with Crippen LogP contribution in [0.5, 0.6) is 0 Å². The molecule has 0 unspecified atom stereocenters. The van der Waals surface area contributed by atoms with Crippen LogP contribution >= 0.6 is 0 Å². The van der Waals surface area contributed by atoms with E-state index in [9.17, 15) is 4.79 Å². The topological polar surface area (TPSA) is 38.7 Å². The molecular weight excluding hydrogens is 250 g/mol. The predicted octanol–water partition coefficient (Wildman–Crippen LogP) is 4.17. The number of para-hydroxylation sites is 1. The van der Waals surface area contributed by atoms with E-state index >= 15 is 0 Å². The molecule has 106 valence electrons. The second kappa shape index (κ2) is 6.51. The summed E-state index contributed by atoms with van der Waals surface area (Å²) in [5.41, 5.74) is 2.61. The highest BCUT2D eigenvalue weighted by Crippen LogP contribution is 2.28. The van der Waals surface area contributed by atoms with Crippen molar-refractivity contribution < 1.29 is 9.53 Å². The Morgan fingerprint density at radius 1 is 1.40 bits per heavy atom. The zero-order valence-electron chi connectivity index (χ0n) is 12.3. The van der Waals surface area contributed by atoms with Crippen LogP contribution < -0.4 is 0 Å². The molecule has 0 aliphatic heterocycles. The molecule has 0 amide bonds. The van der Waals surface area contributed by atoms with Gasteiger partial charge >= 0.3 is 5.97 Å². The monoisotopic (exact) mass is 271 g/mol. The quantitative estimate of drug-likeness (QED) is 0.470. The standard InChI is InChI=1S/C17H21NO2/c1-12-8-13(2)10-14(9-12)11-18-16-7-5-4-6-15(16)17(19)20-3/h4-8,11-12,14H,9-10H2,1-3H3/t12-,14-/m0/s1. The molecule has 0 bridgehead atoms. The molecule has 0 saturated heterocycles. The first kappa shape index (κ1) is 14.5. The molecule has 0 spiro atoms. The Balaban J connectivity index is 2.16. The van der Waals surface area contributed by atoms with Crippen molar-refractivity contribution in [1.29, 1.82) is 0 Å². The molecule has 0 saturated carbocycles. The van der Waals surface area contributed by atoms with Crippen LogP contribution in [0, 0.1) is 11.8 Å². The number of hydrogen-bond donors (Lipinski definition) is 0. The summed E-state index contributed by atoms with van der Waals surface area (Å²) in [4.78, 5) is 16.2. The summed E-state index contributed by atoms with van der Waals surface area (Å²) in [6.07, 6.45) is 6.47. The van der Waals surface area contributed by atoms with Gasteiger partial charge in [-0.3, -0.25) is 4.99 Å². The van der Waals surface area contributed by atoms with E-state index in [1.54, 1.807) is 6.07 Å². The average Bonchev–Trinajstić information content (AvgIpc) is 2.43.